The van der Waals surface area contributed by atoms with Crippen molar-refractivity contribution >= 4 is 69.2 Å². The van der Waals surface area contributed by atoms with Gasteiger partial charge in [-0.15, -0.1) is 11.3 Å². The number of hydrogen-bond donors (Lipinski definition) is 4. The summed E-state index contributed by atoms with van der Waals surface area (Å²) >= 11 is 0.936. The molecule has 47 heavy (non-hydrogen) atoms. The smallest absolute Gasteiger partial charge is 0.340 e. The van der Waals surface area contributed by atoms with Gasteiger partial charge in [0.1, 0.15) is 12.1 Å². The molecule has 13 nitrogen and oxygen atoms in total. The minimum Gasteiger partial charge on any atom is -0.340 e. The van der Waals surface area contributed by atoms with E-state index in [2.05, 4.69) is 20.8 Å². The standard InChI is InChI=1S/C30H29F2N6O7PS/c1-16(39)37-11-9-21-4-6-24(27(40)34-20-3-5-22-17(13-20)8-10-33-36-22)38(21)29(42)23(15-37)35-28(41)26-14-18-12-19(2-7-25(18)47-26)30(31,32)46(43,44)45/h2-3,5,7-8,10,12-14,21,23-24H,4,6,9,11,15H2,1H3,(H,34,40)(H,35,41)(H2,43,44,45)/t21-,23+,24+/m1/s1. The van der Waals surface area contributed by atoms with Gasteiger partial charge in [0.2, 0.25) is 17.7 Å². The second-order valence-electron chi connectivity index (χ2n) is 11.5. The van der Waals surface area contributed by atoms with Gasteiger partial charge in [0, 0.05) is 47.4 Å². The quantitative estimate of drug-likeness (QED) is 0.221. The molecule has 4 aromatic rings. The summed E-state index contributed by atoms with van der Waals surface area (Å²) in [6.07, 6.45) is 2.87. The predicted octanol–water partition coefficient (Wildman–Crippen LogP) is 3.42. The highest BCUT2D eigenvalue weighted by atomic mass is 32.1. The highest BCUT2D eigenvalue weighted by molar-refractivity contribution is 7.52. The third-order valence-electron chi connectivity index (χ3n) is 8.48. The molecule has 0 unspecified atom stereocenters. The first kappa shape index (κ1) is 32.6. The van der Waals surface area contributed by atoms with Gasteiger partial charge in [0.15, 0.2) is 0 Å². The molecule has 0 saturated carbocycles. The van der Waals surface area contributed by atoms with Crippen LogP contribution in [0.1, 0.15) is 41.4 Å². The molecule has 0 radical (unpaired) electrons. The molecule has 4 amide bonds. The summed E-state index contributed by atoms with van der Waals surface area (Å²) in [5, 5.41) is 14.4. The molecule has 0 spiro atoms. The number of anilines is 1. The highest BCUT2D eigenvalue weighted by Crippen LogP contribution is 2.59. The van der Waals surface area contributed by atoms with Crippen LogP contribution < -0.4 is 10.6 Å². The van der Waals surface area contributed by atoms with Crippen LogP contribution in [0.25, 0.3) is 21.0 Å². The second kappa shape index (κ2) is 12.3. The summed E-state index contributed by atoms with van der Waals surface area (Å²) in [5.74, 6) is -1.94. The summed E-state index contributed by atoms with van der Waals surface area (Å²) in [4.78, 5) is 74.8. The zero-order valence-corrected chi connectivity index (χ0v) is 26.5. The number of halogens is 2. The Morgan fingerprint density at radius 3 is 2.57 bits per heavy atom. The van der Waals surface area contributed by atoms with Gasteiger partial charge >= 0.3 is 13.3 Å². The third-order valence-corrected chi connectivity index (χ3v) is 10.6. The number of carbonyl (C=O) groups is 4. The van der Waals surface area contributed by atoms with Crippen LogP contribution in [0, 0.1) is 0 Å². The van der Waals surface area contributed by atoms with Crippen molar-refractivity contribution in [1.82, 2.24) is 25.3 Å². The molecule has 17 heteroatoms. The predicted molar refractivity (Wildman–Crippen MR) is 168 cm³/mol. The minimum absolute atomic E-state index is 0.0501. The Bertz CT molecular complexity index is 1970. The van der Waals surface area contributed by atoms with Crippen molar-refractivity contribution in [3.8, 4) is 0 Å². The van der Waals surface area contributed by atoms with E-state index in [1.165, 1.54) is 35.1 Å². The Morgan fingerprint density at radius 2 is 1.83 bits per heavy atom. The van der Waals surface area contributed by atoms with E-state index in [1.807, 2.05) is 0 Å². The molecule has 246 valence electrons. The minimum atomic E-state index is -5.80. The monoisotopic (exact) mass is 686 g/mol. The lowest BCUT2D eigenvalue weighted by atomic mass is 10.1. The van der Waals surface area contributed by atoms with Gasteiger partial charge < -0.3 is 30.2 Å². The van der Waals surface area contributed by atoms with Gasteiger partial charge in [-0.1, -0.05) is 6.07 Å². The maximum Gasteiger partial charge on any atom is 0.399 e. The van der Waals surface area contributed by atoms with Gasteiger partial charge in [-0.25, -0.2) is 0 Å². The number of carbonyl (C=O) groups excluding carboxylic acids is 4. The molecule has 3 atom stereocenters. The number of nitrogens with zero attached hydrogens (tertiary/aromatic N) is 4. The molecule has 2 aromatic heterocycles. The molecule has 2 aliphatic rings. The number of rotatable bonds is 6. The van der Waals surface area contributed by atoms with E-state index in [0.29, 0.717) is 41.7 Å². The van der Waals surface area contributed by atoms with Gasteiger partial charge in [0.25, 0.3) is 5.91 Å². The molecule has 0 aliphatic carbocycles. The Labute approximate surface area is 270 Å². The number of thiophene rings is 1. The SMILES string of the molecule is CC(=O)N1CC[C@H]2CC[C@@H](C(=O)Nc3ccc4nnccc4c3)N2C(=O)[C@@H](NC(=O)c2cc3cc(C(F)(F)P(=O)(O)O)ccc3s2)C1. The Balaban J connectivity index is 1.24. The van der Waals surface area contributed by atoms with Crippen LogP contribution >= 0.6 is 18.9 Å². The molecule has 0 bridgehead atoms. The van der Waals surface area contributed by atoms with Crippen molar-refractivity contribution < 1.29 is 42.3 Å². The topological polar surface area (TPSA) is 182 Å². The molecule has 4 heterocycles. The van der Waals surface area contributed by atoms with Gasteiger partial charge in [-0.05, 0) is 67.1 Å². The van der Waals surface area contributed by atoms with Crippen molar-refractivity contribution in [2.75, 3.05) is 18.4 Å². The normalized spacial score (nSPS) is 20.5. The van der Waals surface area contributed by atoms with Crippen LogP contribution in [-0.4, -0.2) is 84.6 Å². The molecular weight excluding hydrogens is 657 g/mol. The Kier molecular flexibility index (Phi) is 8.55. The molecule has 6 rings (SSSR count). The number of amides is 4. The molecule has 2 aliphatic heterocycles. The number of hydrogen-bond acceptors (Lipinski definition) is 8. The molecule has 2 aromatic carbocycles. The summed E-state index contributed by atoms with van der Waals surface area (Å²) in [7, 11) is -5.80. The van der Waals surface area contributed by atoms with Crippen LogP contribution in [0.4, 0.5) is 14.5 Å². The first-order valence-electron chi connectivity index (χ1n) is 14.6. The van der Waals surface area contributed by atoms with Crippen molar-refractivity contribution in [2.24, 2.45) is 0 Å². The Hall–Kier alpha value is -4.37. The van der Waals surface area contributed by atoms with Crippen molar-refractivity contribution in [1.29, 1.82) is 0 Å². The summed E-state index contributed by atoms with van der Waals surface area (Å²) in [6, 6.07) is 8.80. The van der Waals surface area contributed by atoms with E-state index >= 15 is 0 Å². The fourth-order valence-corrected chi connectivity index (χ4v) is 7.48. The van der Waals surface area contributed by atoms with E-state index in [4.69, 9.17) is 9.79 Å². The zero-order chi connectivity index (χ0) is 33.7. The maximum absolute atomic E-state index is 14.3. The summed E-state index contributed by atoms with van der Waals surface area (Å²) in [6.45, 7) is 1.52. The van der Waals surface area contributed by atoms with Gasteiger partial charge in [0.05, 0.1) is 16.6 Å². The zero-order valence-electron chi connectivity index (χ0n) is 24.8. The van der Waals surface area contributed by atoms with Crippen molar-refractivity contribution in [3.05, 3.63) is 65.2 Å². The first-order valence-corrected chi connectivity index (χ1v) is 17.0. The lowest BCUT2D eigenvalue weighted by Crippen LogP contribution is -2.60. The van der Waals surface area contributed by atoms with Crippen LogP contribution in [0.3, 0.4) is 0 Å². The van der Waals surface area contributed by atoms with E-state index in [1.54, 1.807) is 24.3 Å². The van der Waals surface area contributed by atoms with Crippen LogP contribution in [0.5, 0.6) is 0 Å². The largest absolute Gasteiger partial charge is 0.399 e. The summed E-state index contributed by atoms with van der Waals surface area (Å²) in [5.41, 5.74) is -4.17. The number of benzene rings is 2. The third kappa shape index (κ3) is 6.33. The second-order valence-corrected chi connectivity index (χ2v) is 14.2. The average Bonchev–Trinajstić information content (AvgIpc) is 3.64. The van der Waals surface area contributed by atoms with Gasteiger partial charge in [-0.3, -0.25) is 23.7 Å². The van der Waals surface area contributed by atoms with Crippen molar-refractivity contribution in [2.45, 2.75) is 50.0 Å². The van der Waals surface area contributed by atoms with Crippen LogP contribution in [0.15, 0.2) is 54.7 Å². The van der Waals surface area contributed by atoms with Crippen LogP contribution in [-0.2, 0) is 24.6 Å². The average molecular weight is 687 g/mol. The number of alkyl halides is 2. The van der Waals surface area contributed by atoms with Crippen LogP contribution in [0.2, 0.25) is 0 Å². The maximum atomic E-state index is 14.3. The number of aromatic nitrogens is 2. The highest BCUT2D eigenvalue weighted by Gasteiger charge is 2.50. The van der Waals surface area contributed by atoms with Crippen molar-refractivity contribution in [3.63, 3.8) is 0 Å². The first-order chi connectivity index (χ1) is 22.2. The number of fused-ring (bicyclic) bond motifs is 3. The molecule has 4 N–H and O–H groups in total. The Morgan fingerprint density at radius 1 is 1.04 bits per heavy atom. The molecule has 2 fully saturated rings. The van der Waals surface area contributed by atoms with E-state index in [-0.39, 0.29) is 28.8 Å². The molecule has 2 saturated heterocycles. The van der Waals surface area contributed by atoms with Gasteiger partial charge in [-0.2, -0.15) is 19.0 Å². The lowest BCUT2D eigenvalue weighted by Gasteiger charge is -2.38. The number of nitrogens with one attached hydrogen (secondary N) is 2. The fraction of sp³-hybridized carbons (Fsp3) is 0.333. The summed E-state index contributed by atoms with van der Waals surface area (Å²) < 4.78 is 40.4. The lowest BCUT2D eigenvalue weighted by molar-refractivity contribution is -0.143. The van der Waals surface area contributed by atoms with E-state index in [9.17, 15) is 32.5 Å². The van der Waals surface area contributed by atoms with E-state index < -0.39 is 48.6 Å². The fourth-order valence-electron chi connectivity index (χ4n) is 6.06. The molecular formula is C30H29F2N6O7PS. The van der Waals surface area contributed by atoms with E-state index in [0.717, 1.165) is 28.9 Å².